The van der Waals surface area contributed by atoms with Gasteiger partial charge in [-0.25, -0.2) is 0 Å². The van der Waals surface area contributed by atoms with E-state index in [1.165, 1.54) is 85.1 Å². The highest BCUT2D eigenvalue weighted by Gasteiger charge is 2.47. The van der Waals surface area contributed by atoms with Gasteiger partial charge in [-0.2, -0.15) is 0 Å². The Hall–Kier alpha value is -6.00. The fraction of sp³-hybridized carbons (Fsp3) is 0.0204. The predicted octanol–water partition coefficient (Wildman–Crippen LogP) is 14.3. The normalized spacial score (nSPS) is 13.2. The molecular formula is C49H31NS2. The van der Waals surface area contributed by atoms with Crippen molar-refractivity contribution >= 4 is 80.1 Å². The number of benzene rings is 8. The molecule has 0 fully saturated rings. The largest absolute Gasteiger partial charge is 0.309 e. The lowest BCUT2D eigenvalue weighted by molar-refractivity contribution is 0.768. The minimum atomic E-state index is -0.480. The van der Waals surface area contributed by atoms with Gasteiger partial charge in [-0.3, -0.25) is 0 Å². The third kappa shape index (κ3) is 4.15. The van der Waals surface area contributed by atoms with Crippen LogP contribution < -0.4 is 4.90 Å². The van der Waals surface area contributed by atoms with Crippen LogP contribution in [-0.4, -0.2) is 0 Å². The molecule has 2 aromatic heterocycles. The summed E-state index contributed by atoms with van der Waals surface area (Å²) >= 11 is 3.75. The topological polar surface area (TPSA) is 3.24 Å². The van der Waals surface area contributed by atoms with Gasteiger partial charge in [0.2, 0.25) is 0 Å². The fourth-order valence-corrected chi connectivity index (χ4v) is 11.1. The Morgan fingerprint density at radius 1 is 0.385 bits per heavy atom. The molecule has 0 radical (unpaired) electrons. The summed E-state index contributed by atoms with van der Waals surface area (Å²) in [6.07, 6.45) is 0. The van der Waals surface area contributed by atoms with Crippen molar-refractivity contribution in [3.05, 3.63) is 210 Å². The van der Waals surface area contributed by atoms with E-state index in [0.717, 1.165) is 5.69 Å². The third-order valence-corrected chi connectivity index (χ3v) is 13.2. The number of fused-ring (bicyclic) bond motifs is 9. The molecule has 11 rings (SSSR count). The molecule has 244 valence electrons. The number of anilines is 3. The van der Waals surface area contributed by atoms with Crippen molar-refractivity contribution in [2.24, 2.45) is 0 Å². The number of thiophene rings is 2. The summed E-state index contributed by atoms with van der Waals surface area (Å²) in [4.78, 5) is 2.55. The second-order valence-corrected chi connectivity index (χ2v) is 15.8. The van der Waals surface area contributed by atoms with Gasteiger partial charge in [-0.05, 0) is 70.3 Å². The van der Waals surface area contributed by atoms with Crippen LogP contribution in [0.1, 0.15) is 22.3 Å². The summed E-state index contributed by atoms with van der Waals surface area (Å²) in [5.41, 5.74) is 10.8. The summed E-state index contributed by atoms with van der Waals surface area (Å²) in [6, 6.07) is 69.8. The van der Waals surface area contributed by atoms with Gasteiger partial charge < -0.3 is 4.90 Å². The molecule has 10 aromatic rings. The maximum atomic E-state index is 2.55. The second kappa shape index (κ2) is 11.5. The summed E-state index contributed by atoms with van der Waals surface area (Å²) in [5.74, 6) is 0. The van der Waals surface area contributed by atoms with Crippen molar-refractivity contribution in [2.75, 3.05) is 4.90 Å². The standard InChI is InChI=1S/C49H31NS2/c1-3-15-32(16-4-1)49(33-17-5-2-6-18-33)39-22-10-7-20-37(39)47-40(49)23-13-24-41(47)50(34-29-30-36-35-19-8-11-26-43(35)52-46(36)31-34)42-25-14-28-45-48(42)38-21-9-12-27-44(38)51-45/h1-31H. The molecule has 0 N–H and O–H groups in total. The molecule has 1 aliphatic rings. The quantitative estimate of drug-likeness (QED) is 0.173. The van der Waals surface area contributed by atoms with Crippen LogP contribution in [0.4, 0.5) is 17.1 Å². The van der Waals surface area contributed by atoms with E-state index < -0.39 is 5.41 Å². The lowest BCUT2D eigenvalue weighted by atomic mass is 9.68. The van der Waals surface area contributed by atoms with Gasteiger partial charge in [0, 0.05) is 51.6 Å². The van der Waals surface area contributed by atoms with Gasteiger partial charge in [0.1, 0.15) is 0 Å². The maximum absolute atomic E-state index is 2.55. The Bertz CT molecular complexity index is 2930. The van der Waals surface area contributed by atoms with Crippen LogP contribution in [0.2, 0.25) is 0 Å². The van der Waals surface area contributed by atoms with E-state index in [4.69, 9.17) is 0 Å². The average molecular weight is 698 g/mol. The Labute approximate surface area is 310 Å². The van der Waals surface area contributed by atoms with Crippen molar-refractivity contribution in [3.63, 3.8) is 0 Å². The monoisotopic (exact) mass is 697 g/mol. The van der Waals surface area contributed by atoms with Crippen LogP contribution in [-0.2, 0) is 5.41 Å². The lowest BCUT2D eigenvalue weighted by Gasteiger charge is -2.34. The average Bonchev–Trinajstić information content (AvgIpc) is 3.87. The number of hydrogen-bond acceptors (Lipinski definition) is 3. The van der Waals surface area contributed by atoms with E-state index >= 15 is 0 Å². The van der Waals surface area contributed by atoms with E-state index in [-0.39, 0.29) is 0 Å². The molecular weight excluding hydrogens is 667 g/mol. The van der Waals surface area contributed by atoms with Crippen LogP contribution in [0.15, 0.2) is 188 Å². The van der Waals surface area contributed by atoms with Crippen molar-refractivity contribution in [1.29, 1.82) is 0 Å². The van der Waals surface area contributed by atoms with Crippen LogP contribution in [0, 0.1) is 0 Å². The fourth-order valence-electron chi connectivity index (χ4n) is 8.86. The predicted molar refractivity (Wildman–Crippen MR) is 224 cm³/mol. The Morgan fingerprint density at radius 2 is 0.942 bits per heavy atom. The maximum Gasteiger partial charge on any atom is 0.0714 e. The zero-order chi connectivity index (χ0) is 34.2. The van der Waals surface area contributed by atoms with E-state index in [0.29, 0.717) is 0 Å². The zero-order valence-electron chi connectivity index (χ0n) is 28.2. The molecule has 0 spiro atoms. The Morgan fingerprint density at radius 3 is 1.73 bits per heavy atom. The van der Waals surface area contributed by atoms with Crippen molar-refractivity contribution in [3.8, 4) is 11.1 Å². The number of hydrogen-bond donors (Lipinski definition) is 0. The molecule has 52 heavy (non-hydrogen) atoms. The van der Waals surface area contributed by atoms with Gasteiger partial charge >= 0.3 is 0 Å². The van der Waals surface area contributed by atoms with E-state index in [1.54, 1.807) is 0 Å². The molecule has 0 saturated heterocycles. The third-order valence-electron chi connectivity index (χ3n) is 10.9. The van der Waals surface area contributed by atoms with Crippen molar-refractivity contribution < 1.29 is 0 Å². The zero-order valence-corrected chi connectivity index (χ0v) is 29.8. The van der Waals surface area contributed by atoms with Crippen LogP contribution >= 0.6 is 22.7 Å². The molecule has 1 nitrogen and oxygen atoms in total. The SMILES string of the molecule is c1ccc(C2(c3ccccc3)c3ccccc3-c3c(N(c4ccc5c(c4)sc4ccccc45)c4cccc5sc6ccccc6c45)cccc32)cc1. The first-order chi connectivity index (χ1) is 25.8. The highest BCUT2D eigenvalue weighted by atomic mass is 32.1. The van der Waals surface area contributed by atoms with Crippen molar-refractivity contribution in [1.82, 2.24) is 0 Å². The molecule has 1 aliphatic carbocycles. The Kier molecular flexibility index (Phi) is 6.57. The van der Waals surface area contributed by atoms with Crippen LogP contribution in [0.5, 0.6) is 0 Å². The van der Waals surface area contributed by atoms with E-state index in [1.807, 2.05) is 22.7 Å². The molecule has 0 unspecified atom stereocenters. The molecule has 0 amide bonds. The first-order valence-electron chi connectivity index (χ1n) is 17.8. The molecule has 0 bridgehead atoms. The van der Waals surface area contributed by atoms with Crippen LogP contribution in [0.25, 0.3) is 51.5 Å². The number of rotatable bonds is 5. The van der Waals surface area contributed by atoms with Crippen molar-refractivity contribution in [2.45, 2.75) is 5.41 Å². The van der Waals surface area contributed by atoms with Gasteiger partial charge in [-0.15, -0.1) is 22.7 Å². The smallest absolute Gasteiger partial charge is 0.0714 e. The first-order valence-corrected chi connectivity index (χ1v) is 19.4. The molecule has 8 aromatic carbocycles. The second-order valence-electron chi connectivity index (χ2n) is 13.6. The van der Waals surface area contributed by atoms with Gasteiger partial charge in [0.25, 0.3) is 0 Å². The summed E-state index contributed by atoms with van der Waals surface area (Å²) in [5, 5.41) is 5.21. The highest BCUT2D eigenvalue weighted by Crippen LogP contribution is 2.60. The van der Waals surface area contributed by atoms with Gasteiger partial charge in [-0.1, -0.05) is 146 Å². The highest BCUT2D eigenvalue weighted by molar-refractivity contribution is 7.26. The van der Waals surface area contributed by atoms with E-state index in [9.17, 15) is 0 Å². The summed E-state index contributed by atoms with van der Waals surface area (Å²) in [6.45, 7) is 0. The summed E-state index contributed by atoms with van der Waals surface area (Å²) < 4.78 is 5.21. The van der Waals surface area contributed by atoms with E-state index in [2.05, 4.69) is 193 Å². The van der Waals surface area contributed by atoms with Crippen LogP contribution in [0.3, 0.4) is 0 Å². The molecule has 2 heterocycles. The molecule has 0 atom stereocenters. The lowest BCUT2D eigenvalue weighted by Crippen LogP contribution is -2.28. The molecule has 0 aliphatic heterocycles. The van der Waals surface area contributed by atoms with Gasteiger partial charge in [0.05, 0.1) is 16.8 Å². The molecule has 3 heteroatoms. The molecule has 0 saturated carbocycles. The minimum Gasteiger partial charge on any atom is -0.309 e. The first kappa shape index (κ1) is 29.7. The Balaban J connectivity index is 1.27. The van der Waals surface area contributed by atoms with Gasteiger partial charge in [0.15, 0.2) is 0 Å². The number of nitrogens with zero attached hydrogens (tertiary/aromatic N) is 1. The minimum absolute atomic E-state index is 0.480. The summed E-state index contributed by atoms with van der Waals surface area (Å²) in [7, 11) is 0.